The van der Waals surface area contributed by atoms with Gasteiger partial charge in [-0.15, -0.1) is 0 Å². The maximum absolute atomic E-state index is 14.2. The van der Waals surface area contributed by atoms with Crippen LogP contribution in [0.2, 0.25) is 5.02 Å². The molecular formula is C29H26ClFN4O5. The topological polar surface area (TPSA) is 113 Å². The number of urea groups is 1. The molecule has 206 valence electrons. The third kappa shape index (κ3) is 6.18. The van der Waals surface area contributed by atoms with Crippen LogP contribution in [0, 0.1) is 5.82 Å². The first kappa shape index (κ1) is 27.0. The molecule has 3 N–H and O–H groups in total. The molecule has 1 aliphatic rings. The van der Waals surface area contributed by atoms with Crippen LogP contribution in [-0.2, 0) is 22.7 Å². The number of likely N-dealkylation sites (tertiary alicyclic amines) is 1. The highest BCUT2D eigenvalue weighted by molar-refractivity contribution is 6.30. The zero-order valence-electron chi connectivity index (χ0n) is 21.3. The molecule has 0 unspecified atom stereocenters. The number of furan rings is 1. The van der Waals surface area contributed by atoms with E-state index in [1.165, 1.54) is 23.3 Å². The molecule has 1 aromatic heterocycles. The Bertz CT molecular complexity index is 1540. The van der Waals surface area contributed by atoms with Gasteiger partial charge in [-0.3, -0.25) is 10.1 Å². The summed E-state index contributed by atoms with van der Waals surface area (Å²) in [7, 11) is 0. The maximum Gasteiger partial charge on any atom is 0.411 e. The number of nitrogens with one attached hydrogen (secondary N) is 3. The number of rotatable bonds is 7. The second-order valence-corrected chi connectivity index (χ2v) is 9.66. The van der Waals surface area contributed by atoms with E-state index in [9.17, 15) is 18.8 Å². The molecule has 0 spiro atoms. The van der Waals surface area contributed by atoms with Gasteiger partial charge >= 0.3 is 12.1 Å². The smallest absolute Gasteiger partial charge is 0.411 e. The van der Waals surface area contributed by atoms with E-state index in [0.717, 1.165) is 5.56 Å². The van der Waals surface area contributed by atoms with Crippen molar-refractivity contribution in [2.24, 2.45) is 0 Å². The predicted molar refractivity (Wildman–Crippen MR) is 148 cm³/mol. The van der Waals surface area contributed by atoms with Crippen molar-refractivity contribution >= 4 is 52.0 Å². The van der Waals surface area contributed by atoms with Crippen LogP contribution in [0.4, 0.5) is 25.4 Å². The minimum atomic E-state index is -0.722. The van der Waals surface area contributed by atoms with Crippen LogP contribution >= 0.6 is 11.6 Å². The first-order chi connectivity index (χ1) is 19.4. The highest BCUT2D eigenvalue weighted by Gasteiger charge is 2.34. The lowest BCUT2D eigenvalue weighted by molar-refractivity contribution is -0.124. The average molecular weight is 565 g/mol. The Labute approximate surface area is 234 Å². The molecule has 0 bridgehead atoms. The normalized spacial score (nSPS) is 14.7. The number of anilines is 2. The number of nitrogens with zero attached hydrogens (tertiary/aromatic N) is 1. The molecule has 1 fully saturated rings. The van der Waals surface area contributed by atoms with E-state index in [1.807, 2.05) is 30.3 Å². The van der Waals surface area contributed by atoms with Crippen LogP contribution in [0.3, 0.4) is 0 Å². The van der Waals surface area contributed by atoms with E-state index in [0.29, 0.717) is 41.7 Å². The summed E-state index contributed by atoms with van der Waals surface area (Å²) in [6, 6.07) is 17.5. The van der Waals surface area contributed by atoms with E-state index in [-0.39, 0.29) is 23.7 Å². The van der Waals surface area contributed by atoms with Crippen molar-refractivity contribution in [1.29, 1.82) is 0 Å². The van der Waals surface area contributed by atoms with Crippen molar-refractivity contribution in [1.82, 2.24) is 10.2 Å². The van der Waals surface area contributed by atoms with Crippen LogP contribution in [0.5, 0.6) is 0 Å². The van der Waals surface area contributed by atoms with Crippen LogP contribution < -0.4 is 16.0 Å². The third-order valence-electron chi connectivity index (χ3n) is 6.57. The number of carbonyl (C=O) groups is 3. The van der Waals surface area contributed by atoms with Crippen LogP contribution in [0.15, 0.2) is 77.4 Å². The summed E-state index contributed by atoms with van der Waals surface area (Å²) in [5.74, 6) is -0.982. The molecule has 1 saturated heterocycles. The molecule has 40 heavy (non-hydrogen) atoms. The van der Waals surface area contributed by atoms with Gasteiger partial charge in [-0.05, 0) is 36.6 Å². The summed E-state index contributed by atoms with van der Waals surface area (Å²) in [4.78, 5) is 40.0. The molecule has 5 rings (SSSR count). The fourth-order valence-corrected chi connectivity index (χ4v) is 4.77. The lowest BCUT2D eigenvalue weighted by Gasteiger charge is -2.24. The quantitative estimate of drug-likeness (QED) is 0.244. The van der Waals surface area contributed by atoms with Gasteiger partial charge in [0.25, 0.3) is 0 Å². The summed E-state index contributed by atoms with van der Waals surface area (Å²) in [5, 5.41) is 8.79. The Kier molecular flexibility index (Phi) is 8.16. The van der Waals surface area contributed by atoms with Crippen molar-refractivity contribution in [2.75, 3.05) is 17.2 Å². The summed E-state index contributed by atoms with van der Waals surface area (Å²) in [6.07, 6.45) is 1.91. The van der Waals surface area contributed by atoms with Crippen molar-refractivity contribution < 1.29 is 27.9 Å². The minimum absolute atomic E-state index is 0.0274. The van der Waals surface area contributed by atoms with E-state index in [1.54, 1.807) is 24.3 Å². The Morgan fingerprint density at radius 1 is 1.05 bits per heavy atom. The van der Waals surface area contributed by atoms with Gasteiger partial charge in [-0.2, -0.15) is 0 Å². The number of hydrogen-bond donors (Lipinski definition) is 3. The van der Waals surface area contributed by atoms with E-state index in [2.05, 4.69) is 16.0 Å². The van der Waals surface area contributed by atoms with Gasteiger partial charge in [0.15, 0.2) is 0 Å². The molecule has 0 saturated carbocycles. The van der Waals surface area contributed by atoms with Crippen LogP contribution in [0.1, 0.15) is 24.0 Å². The van der Waals surface area contributed by atoms with Crippen molar-refractivity contribution in [3.8, 4) is 0 Å². The van der Waals surface area contributed by atoms with Gasteiger partial charge in [0.2, 0.25) is 5.91 Å². The van der Waals surface area contributed by atoms with Crippen LogP contribution in [-0.4, -0.2) is 35.5 Å². The molecule has 3 aromatic carbocycles. The molecule has 1 atom stereocenters. The zero-order chi connectivity index (χ0) is 28.1. The fourth-order valence-electron chi connectivity index (χ4n) is 4.58. The lowest BCUT2D eigenvalue weighted by atomic mass is 10.1. The molecule has 11 heteroatoms. The van der Waals surface area contributed by atoms with Crippen molar-refractivity contribution in [3.05, 3.63) is 95.0 Å². The number of halogens is 2. The molecule has 1 aliphatic heterocycles. The molecule has 0 radical (unpaired) electrons. The van der Waals surface area contributed by atoms with E-state index >= 15 is 0 Å². The van der Waals surface area contributed by atoms with Gasteiger partial charge in [-0.25, -0.2) is 14.0 Å². The number of amides is 4. The second kappa shape index (κ2) is 12.1. The van der Waals surface area contributed by atoms with Gasteiger partial charge in [-0.1, -0.05) is 54.1 Å². The van der Waals surface area contributed by atoms with Gasteiger partial charge < -0.3 is 24.7 Å². The first-order valence-corrected chi connectivity index (χ1v) is 13.0. The maximum atomic E-state index is 14.2. The number of benzene rings is 3. The van der Waals surface area contributed by atoms with Crippen molar-refractivity contribution in [2.45, 2.75) is 32.0 Å². The number of hydrogen-bond acceptors (Lipinski definition) is 5. The number of fused-ring (bicyclic) bond motifs is 1. The number of ether oxygens (including phenoxy) is 1. The molecule has 0 aliphatic carbocycles. The highest BCUT2D eigenvalue weighted by atomic mass is 35.5. The summed E-state index contributed by atoms with van der Waals surface area (Å²) in [5.41, 5.74) is 2.28. The van der Waals surface area contributed by atoms with Crippen molar-refractivity contribution in [3.63, 3.8) is 0 Å². The Morgan fingerprint density at radius 2 is 1.88 bits per heavy atom. The first-order valence-electron chi connectivity index (χ1n) is 12.7. The van der Waals surface area contributed by atoms with Gasteiger partial charge in [0.05, 0.1) is 17.0 Å². The van der Waals surface area contributed by atoms with Gasteiger partial charge in [0, 0.05) is 35.8 Å². The molecule has 4 amide bonds. The minimum Gasteiger partial charge on any atom is -0.464 e. The molecular weight excluding hydrogens is 539 g/mol. The standard InChI is InChI=1S/C29H26ClFN4O5/c30-22-9-4-8-19(26(22)31)16-32-27(36)24-10-5-12-35(24)28(37)33-20-14-23(21-11-13-39-25(21)15-20)34-29(38)40-17-18-6-2-1-3-7-18/h1-4,6-9,11,13-15,24H,5,10,12,16-17H2,(H,32,36)(H,33,37)(H,34,38)/t24-/m0/s1. The summed E-state index contributed by atoms with van der Waals surface area (Å²) < 4.78 is 25.0. The average Bonchev–Trinajstić information content (AvgIpc) is 3.64. The third-order valence-corrected chi connectivity index (χ3v) is 6.87. The summed E-state index contributed by atoms with van der Waals surface area (Å²) in [6.45, 7) is 0.414. The van der Waals surface area contributed by atoms with E-state index in [4.69, 9.17) is 20.8 Å². The SMILES string of the molecule is O=C(Nc1cc(NC(=O)N2CCC[C@H]2C(=O)NCc2cccc(Cl)c2F)cc2occc12)OCc1ccccc1. The predicted octanol–water partition coefficient (Wildman–Crippen LogP) is 6.29. The molecule has 2 heterocycles. The molecule has 9 nitrogen and oxygen atoms in total. The Balaban J connectivity index is 1.23. The monoisotopic (exact) mass is 564 g/mol. The fraction of sp³-hybridized carbons (Fsp3) is 0.207. The Morgan fingerprint density at radius 3 is 2.70 bits per heavy atom. The molecule has 4 aromatic rings. The largest absolute Gasteiger partial charge is 0.464 e. The zero-order valence-corrected chi connectivity index (χ0v) is 22.0. The highest BCUT2D eigenvalue weighted by Crippen LogP contribution is 2.30. The van der Waals surface area contributed by atoms with Gasteiger partial charge in [0.1, 0.15) is 24.0 Å². The van der Waals surface area contributed by atoms with Crippen LogP contribution in [0.25, 0.3) is 11.0 Å². The Hall–Kier alpha value is -4.57. The number of carbonyl (C=O) groups excluding carboxylic acids is 3. The lowest BCUT2D eigenvalue weighted by Crippen LogP contribution is -2.47. The second-order valence-electron chi connectivity index (χ2n) is 9.26. The van der Waals surface area contributed by atoms with E-state index < -0.39 is 29.9 Å². The summed E-state index contributed by atoms with van der Waals surface area (Å²) >= 11 is 5.82.